The number of aromatic nitrogens is 2. The van der Waals surface area contributed by atoms with Crippen LogP contribution in [-0.4, -0.2) is 22.4 Å². The Kier molecular flexibility index (Phi) is 3.67. The number of fused-ring (bicyclic) bond motifs is 1. The molecule has 2 atom stereocenters. The zero-order chi connectivity index (χ0) is 15.9. The van der Waals surface area contributed by atoms with Gasteiger partial charge in [0.05, 0.1) is 0 Å². The van der Waals surface area contributed by atoms with Gasteiger partial charge in [0.2, 0.25) is 0 Å². The van der Waals surface area contributed by atoms with Crippen molar-refractivity contribution in [2.75, 3.05) is 6.54 Å². The molecule has 1 aromatic rings. The third-order valence-corrected chi connectivity index (χ3v) is 5.45. The average Bonchev–Trinajstić information content (AvgIpc) is 2.47. The first-order valence-corrected chi connectivity index (χ1v) is 7.92. The lowest BCUT2D eigenvalue weighted by atomic mass is 9.48. The number of carbonyl (C=O) groups excluding carboxylic acids is 1. The van der Waals surface area contributed by atoms with E-state index in [4.69, 9.17) is 0 Å². The maximum Gasteiger partial charge on any atom is 0.263 e. The lowest BCUT2D eigenvalue weighted by Crippen LogP contribution is -2.48. The minimum absolute atomic E-state index is 0.0762. The van der Waals surface area contributed by atoms with Crippen LogP contribution in [0.2, 0.25) is 0 Å². The van der Waals surface area contributed by atoms with E-state index in [2.05, 4.69) is 35.2 Å². The van der Waals surface area contributed by atoms with Crippen molar-refractivity contribution in [3.63, 3.8) is 0 Å². The van der Waals surface area contributed by atoms with E-state index in [1.807, 2.05) is 0 Å². The Hall–Kier alpha value is -1.91. The van der Waals surface area contributed by atoms with Crippen LogP contribution in [-0.2, 0) is 0 Å². The fraction of sp³-hybridized carbons (Fsp3) is 0.588. The Morgan fingerprint density at radius 2 is 2.27 bits per heavy atom. The maximum absolute atomic E-state index is 12.0. The molecule has 1 aromatic heterocycles. The van der Waals surface area contributed by atoms with Crippen LogP contribution in [0.15, 0.2) is 22.6 Å². The number of hydrogen-bond donors (Lipinski definition) is 2. The quantitative estimate of drug-likeness (QED) is 0.837. The fourth-order valence-corrected chi connectivity index (χ4v) is 3.82. The lowest BCUT2D eigenvalue weighted by molar-refractivity contribution is -0.00811. The predicted molar refractivity (Wildman–Crippen MR) is 84.6 cm³/mol. The van der Waals surface area contributed by atoms with Gasteiger partial charge in [-0.1, -0.05) is 25.5 Å². The van der Waals surface area contributed by atoms with Crippen LogP contribution in [0.4, 0.5) is 0 Å². The summed E-state index contributed by atoms with van der Waals surface area (Å²) in [5.41, 5.74) is 1.56. The number of hydrogen-bond acceptors (Lipinski definition) is 3. The van der Waals surface area contributed by atoms with Crippen LogP contribution in [0, 0.1) is 24.2 Å². The Morgan fingerprint density at radius 1 is 1.50 bits per heavy atom. The van der Waals surface area contributed by atoms with Crippen LogP contribution in [0.5, 0.6) is 0 Å². The topological polar surface area (TPSA) is 74.8 Å². The van der Waals surface area contributed by atoms with Crippen molar-refractivity contribution in [3.05, 3.63) is 39.6 Å². The third kappa shape index (κ3) is 2.49. The third-order valence-electron chi connectivity index (χ3n) is 5.45. The molecule has 3 aliphatic carbocycles. The summed E-state index contributed by atoms with van der Waals surface area (Å²) in [6, 6.07) is 0. The van der Waals surface area contributed by atoms with Crippen LogP contribution in [0.25, 0.3) is 0 Å². The number of nitrogens with one attached hydrogen (secondary N) is 2. The normalized spacial score (nSPS) is 25.1. The first-order chi connectivity index (χ1) is 10.4. The van der Waals surface area contributed by atoms with E-state index in [1.54, 1.807) is 6.92 Å². The summed E-state index contributed by atoms with van der Waals surface area (Å²) in [5.74, 6) is 1.65. The number of aryl methyl sites for hydroxylation is 1. The smallest absolute Gasteiger partial charge is 0.263 e. The van der Waals surface area contributed by atoms with Crippen molar-refractivity contribution >= 4 is 5.91 Å². The van der Waals surface area contributed by atoms with Crippen molar-refractivity contribution < 1.29 is 4.79 Å². The molecule has 0 aliphatic heterocycles. The molecule has 5 nitrogen and oxygen atoms in total. The molecule has 0 saturated heterocycles. The van der Waals surface area contributed by atoms with E-state index in [0.717, 1.165) is 18.8 Å². The summed E-state index contributed by atoms with van der Waals surface area (Å²) < 4.78 is 0. The van der Waals surface area contributed by atoms with E-state index in [1.165, 1.54) is 18.2 Å². The molecule has 1 fully saturated rings. The standard InChI is InChI=1S/C17H23N3O2/c1-10-19-9-13(16(22)20-10)15(21)18-7-6-11-4-5-12-8-14(11)17(12,2)3/h4,9,12,14H,5-8H2,1-3H3,(H,18,21)(H,19,20,22)/t12-,14-/m0/s1. The van der Waals surface area contributed by atoms with Crippen molar-refractivity contribution in [2.24, 2.45) is 17.3 Å². The van der Waals surface area contributed by atoms with Crippen LogP contribution in [0.1, 0.15) is 49.3 Å². The minimum Gasteiger partial charge on any atom is -0.351 e. The minimum atomic E-state index is -0.384. The molecule has 22 heavy (non-hydrogen) atoms. The Labute approximate surface area is 130 Å². The summed E-state index contributed by atoms with van der Waals surface area (Å²) in [7, 11) is 0. The molecule has 118 valence electrons. The SMILES string of the molecule is Cc1ncc(C(=O)NCCC2=CC[C@H]3C[C@@H]2C3(C)C)c(=O)[nH]1. The summed E-state index contributed by atoms with van der Waals surface area (Å²) >= 11 is 0. The predicted octanol–water partition coefficient (Wildman–Crippen LogP) is 2.19. The molecule has 5 heteroatoms. The van der Waals surface area contributed by atoms with E-state index in [0.29, 0.717) is 23.7 Å². The summed E-state index contributed by atoms with van der Waals surface area (Å²) in [5, 5.41) is 2.83. The number of nitrogens with zero attached hydrogens (tertiary/aromatic N) is 1. The van der Waals surface area contributed by atoms with Gasteiger partial charge >= 0.3 is 0 Å². The van der Waals surface area contributed by atoms with Gasteiger partial charge in [-0.15, -0.1) is 0 Å². The number of rotatable bonds is 4. The number of H-pyrrole nitrogens is 1. The summed E-state index contributed by atoms with van der Waals surface area (Å²) in [6.07, 6.45) is 6.99. The van der Waals surface area contributed by atoms with Gasteiger partial charge in [0.25, 0.3) is 11.5 Å². The highest BCUT2D eigenvalue weighted by Crippen LogP contribution is 2.59. The number of amides is 1. The van der Waals surface area contributed by atoms with Crippen LogP contribution < -0.4 is 10.9 Å². The fourth-order valence-electron chi connectivity index (χ4n) is 3.82. The molecule has 3 aliphatic rings. The van der Waals surface area contributed by atoms with Gasteiger partial charge in [0.15, 0.2) is 0 Å². The molecule has 0 unspecified atom stereocenters. The highest BCUT2D eigenvalue weighted by atomic mass is 16.2. The summed E-state index contributed by atoms with van der Waals surface area (Å²) in [6.45, 7) is 6.94. The molecular weight excluding hydrogens is 278 g/mol. The van der Waals surface area contributed by atoms with Crippen molar-refractivity contribution in [2.45, 2.75) is 40.0 Å². The van der Waals surface area contributed by atoms with Gasteiger partial charge in [-0.3, -0.25) is 9.59 Å². The van der Waals surface area contributed by atoms with Crippen molar-refractivity contribution in [1.29, 1.82) is 0 Å². The monoisotopic (exact) mass is 301 g/mol. The maximum atomic E-state index is 12.0. The van der Waals surface area contributed by atoms with Gasteiger partial charge in [0.1, 0.15) is 11.4 Å². The molecule has 1 saturated carbocycles. The summed E-state index contributed by atoms with van der Waals surface area (Å²) in [4.78, 5) is 30.3. The molecule has 0 spiro atoms. The molecular formula is C17H23N3O2. The van der Waals surface area contributed by atoms with Crippen LogP contribution >= 0.6 is 0 Å². The molecule has 4 rings (SSSR count). The van der Waals surface area contributed by atoms with Crippen LogP contribution in [0.3, 0.4) is 0 Å². The first kappa shape index (κ1) is 15.0. The van der Waals surface area contributed by atoms with Gasteiger partial charge in [-0.2, -0.15) is 0 Å². The van der Waals surface area contributed by atoms with Crippen molar-refractivity contribution in [1.82, 2.24) is 15.3 Å². The highest BCUT2D eigenvalue weighted by molar-refractivity contribution is 5.93. The molecule has 0 radical (unpaired) electrons. The lowest BCUT2D eigenvalue weighted by Gasteiger charge is -2.56. The van der Waals surface area contributed by atoms with E-state index in [9.17, 15) is 9.59 Å². The second-order valence-electron chi connectivity index (χ2n) is 7.04. The zero-order valence-electron chi connectivity index (χ0n) is 13.4. The second kappa shape index (κ2) is 5.38. The largest absolute Gasteiger partial charge is 0.351 e. The van der Waals surface area contributed by atoms with E-state index >= 15 is 0 Å². The Bertz CT molecular complexity index is 687. The zero-order valence-corrected chi connectivity index (χ0v) is 13.4. The highest BCUT2D eigenvalue weighted by Gasteiger charge is 2.50. The molecule has 2 bridgehead atoms. The van der Waals surface area contributed by atoms with E-state index in [-0.39, 0.29) is 17.0 Å². The second-order valence-corrected chi connectivity index (χ2v) is 7.04. The van der Waals surface area contributed by atoms with Gasteiger partial charge in [-0.05, 0) is 43.4 Å². The number of allylic oxidation sites excluding steroid dienone is 1. The Balaban J connectivity index is 1.56. The van der Waals surface area contributed by atoms with Crippen molar-refractivity contribution in [3.8, 4) is 0 Å². The first-order valence-electron chi connectivity index (χ1n) is 7.92. The average molecular weight is 301 g/mol. The molecule has 0 aromatic carbocycles. The number of carbonyl (C=O) groups is 1. The van der Waals surface area contributed by atoms with Gasteiger partial charge < -0.3 is 10.3 Å². The van der Waals surface area contributed by atoms with E-state index < -0.39 is 0 Å². The van der Waals surface area contributed by atoms with Gasteiger partial charge in [-0.25, -0.2) is 4.98 Å². The Morgan fingerprint density at radius 3 is 2.91 bits per heavy atom. The van der Waals surface area contributed by atoms with Gasteiger partial charge in [0, 0.05) is 12.7 Å². The molecule has 2 N–H and O–H groups in total. The molecule has 1 heterocycles. The number of aromatic amines is 1. The molecule has 1 amide bonds.